The lowest BCUT2D eigenvalue weighted by atomic mass is 9.89. The van der Waals surface area contributed by atoms with E-state index in [2.05, 4.69) is 4.98 Å². The molecule has 0 aliphatic heterocycles. The number of benzene rings is 1. The summed E-state index contributed by atoms with van der Waals surface area (Å²) in [6, 6.07) is 7.70. The first-order chi connectivity index (χ1) is 9.10. The maximum atomic E-state index is 12.5. The number of rotatable bonds is 4. The summed E-state index contributed by atoms with van der Waals surface area (Å²) < 4.78 is 0. The molecule has 1 aliphatic rings. The van der Waals surface area contributed by atoms with Crippen LogP contribution < -0.4 is 5.73 Å². The largest absolute Gasteiger partial charge is 0.399 e. The molecule has 1 aromatic carbocycles. The third-order valence-corrected chi connectivity index (χ3v) is 4.69. The molecule has 4 heteroatoms. The first-order valence-corrected chi connectivity index (χ1v) is 7.28. The summed E-state index contributed by atoms with van der Waals surface area (Å²) in [7, 11) is 0. The molecule has 0 unspecified atom stereocenters. The Balaban J connectivity index is 1.81. The fourth-order valence-electron chi connectivity index (χ4n) is 2.45. The maximum absolute atomic E-state index is 12.5. The van der Waals surface area contributed by atoms with Crippen LogP contribution >= 0.6 is 11.3 Å². The summed E-state index contributed by atoms with van der Waals surface area (Å²) in [5.74, 6) is 0.284. The van der Waals surface area contributed by atoms with Crippen molar-refractivity contribution in [3.05, 3.63) is 45.9 Å². The number of ketones is 1. The number of aryl methyl sites for hydroxylation is 1. The van der Waals surface area contributed by atoms with Gasteiger partial charge in [-0.3, -0.25) is 4.79 Å². The van der Waals surface area contributed by atoms with Crippen LogP contribution in [0.2, 0.25) is 0 Å². The number of nitrogens with two attached hydrogens (primary N) is 1. The average molecular weight is 272 g/mol. The number of thiazole rings is 1. The minimum Gasteiger partial charge on any atom is -0.399 e. The molecular formula is C15H16N2OS. The second kappa shape index (κ2) is 4.46. The van der Waals surface area contributed by atoms with Crippen LogP contribution in [0.3, 0.4) is 0 Å². The van der Waals surface area contributed by atoms with Gasteiger partial charge in [0.1, 0.15) is 10.8 Å². The quantitative estimate of drug-likeness (QED) is 0.871. The second-order valence-corrected chi connectivity index (χ2v) is 6.13. The standard InChI is InChI=1S/C15H16N2OS/c1-10-9-19-14(17-10)8-13(18)15(6-7-15)11-2-4-12(16)5-3-11/h2-5,9H,6-8,16H2,1H3. The van der Waals surface area contributed by atoms with E-state index in [1.165, 1.54) is 0 Å². The highest BCUT2D eigenvalue weighted by atomic mass is 32.1. The van der Waals surface area contributed by atoms with Gasteiger partial charge in [-0.05, 0) is 37.5 Å². The van der Waals surface area contributed by atoms with Crippen LogP contribution in [0.15, 0.2) is 29.6 Å². The number of Topliss-reactive ketones (excluding diaryl/α,β-unsaturated/α-hetero) is 1. The normalized spacial score (nSPS) is 16.3. The van der Waals surface area contributed by atoms with E-state index in [0.29, 0.717) is 6.42 Å². The topological polar surface area (TPSA) is 56.0 Å². The van der Waals surface area contributed by atoms with E-state index in [0.717, 1.165) is 34.8 Å². The molecule has 0 spiro atoms. The molecule has 98 valence electrons. The Hall–Kier alpha value is -1.68. The molecule has 0 atom stereocenters. The van der Waals surface area contributed by atoms with Crippen molar-refractivity contribution in [3.8, 4) is 0 Å². The molecule has 1 saturated carbocycles. The fourth-order valence-corrected chi connectivity index (χ4v) is 3.22. The molecule has 0 radical (unpaired) electrons. The van der Waals surface area contributed by atoms with Crippen molar-refractivity contribution in [2.24, 2.45) is 0 Å². The fraction of sp³-hybridized carbons (Fsp3) is 0.333. The lowest BCUT2D eigenvalue weighted by Crippen LogP contribution is -2.22. The van der Waals surface area contributed by atoms with Gasteiger partial charge in [-0.2, -0.15) is 0 Å². The Morgan fingerprint density at radius 1 is 1.37 bits per heavy atom. The highest BCUT2D eigenvalue weighted by Gasteiger charge is 2.50. The average Bonchev–Trinajstić information content (AvgIpc) is 3.10. The summed E-state index contributed by atoms with van der Waals surface area (Å²) in [5.41, 5.74) is 8.26. The third kappa shape index (κ3) is 2.28. The monoisotopic (exact) mass is 272 g/mol. The van der Waals surface area contributed by atoms with Crippen LogP contribution in [0.25, 0.3) is 0 Å². The van der Waals surface area contributed by atoms with Crippen molar-refractivity contribution in [1.29, 1.82) is 0 Å². The summed E-state index contributed by atoms with van der Waals surface area (Å²) in [6.07, 6.45) is 2.34. The minimum atomic E-state index is -0.271. The Morgan fingerprint density at radius 2 is 2.05 bits per heavy atom. The molecular weight excluding hydrogens is 256 g/mol. The van der Waals surface area contributed by atoms with Crippen LogP contribution in [0.1, 0.15) is 29.1 Å². The van der Waals surface area contributed by atoms with Crippen molar-refractivity contribution in [1.82, 2.24) is 4.98 Å². The van der Waals surface area contributed by atoms with Crippen LogP contribution in [0.4, 0.5) is 5.69 Å². The van der Waals surface area contributed by atoms with Crippen LogP contribution in [-0.2, 0) is 16.6 Å². The van der Waals surface area contributed by atoms with Gasteiger partial charge in [0.05, 0.1) is 11.8 Å². The van der Waals surface area contributed by atoms with E-state index in [1.807, 2.05) is 36.6 Å². The van der Waals surface area contributed by atoms with Crippen molar-refractivity contribution < 1.29 is 4.79 Å². The number of aromatic nitrogens is 1. The van der Waals surface area contributed by atoms with Gasteiger partial charge < -0.3 is 5.73 Å². The minimum absolute atomic E-state index is 0.271. The summed E-state index contributed by atoms with van der Waals surface area (Å²) in [5, 5.41) is 2.91. The summed E-state index contributed by atoms with van der Waals surface area (Å²) >= 11 is 1.57. The van der Waals surface area contributed by atoms with Gasteiger partial charge in [-0.15, -0.1) is 11.3 Å². The molecule has 19 heavy (non-hydrogen) atoms. The zero-order chi connectivity index (χ0) is 13.5. The predicted molar refractivity (Wildman–Crippen MR) is 77.3 cm³/mol. The number of hydrogen-bond acceptors (Lipinski definition) is 4. The lowest BCUT2D eigenvalue weighted by Gasteiger charge is -2.13. The number of carbonyl (C=O) groups excluding carboxylic acids is 1. The zero-order valence-electron chi connectivity index (χ0n) is 10.8. The SMILES string of the molecule is Cc1csc(CC(=O)C2(c3ccc(N)cc3)CC2)n1. The second-order valence-electron chi connectivity index (χ2n) is 5.19. The Morgan fingerprint density at radius 3 is 2.58 bits per heavy atom. The predicted octanol–water partition coefficient (Wildman–Crippen LogP) is 2.88. The summed E-state index contributed by atoms with van der Waals surface area (Å²) in [6.45, 7) is 1.96. The highest BCUT2D eigenvalue weighted by molar-refractivity contribution is 7.09. The third-order valence-electron chi connectivity index (χ3n) is 3.73. The molecule has 0 amide bonds. The molecule has 1 aliphatic carbocycles. The van der Waals surface area contributed by atoms with Gasteiger partial charge in [0.15, 0.2) is 0 Å². The Kier molecular flexibility index (Phi) is 2.90. The molecule has 0 saturated heterocycles. The van der Waals surface area contributed by atoms with Crippen LogP contribution in [0.5, 0.6) is 0 Å². The molecule has 1 aromatic heterocycles. The molecule has 2 aromatic rings. The van der Waals surface area contributed by atoms with Crippen molar-refractivity contribution in [3.63, 3.8) is 0 Å². The highest BCUT2D eigenvalue weighted by Crippen LogP contribution is 2.49. The molecule has 3 rings (SSSR count). The smallest absolute Gasteiger partial charge is 0.150 e. The van der Waals surface area contributed by atoms with E-state index in [-0.39, 0.29) is 11.2 Å². The Bertz CT molecular complexity index is 611. The lowest BCUT2D eigenvalue weighted by molar-refractivity contribution is -0.120. The molecule has 0 bridgehead atoms. The molecule has 1 fully saturated rings. The molecule has 2 N–H and O–H groups in total. The van der Waals surface area contributed by atoms with Gasteiger partial charge in [-0.1, -0.05) is 12.1 Å². The number of anilines is 1. The first-order valence-electron chi connectivity index (χ1n) is 6.40. The van der Waals surface area contributed by atoms with E-state index in [1.54, 1.807) is 11.3 Å². The summed E-state index contributed by atoms with van der Waals surface area (Å²) in [4.78, 5) is 16.9. The zero-order valence-corrected chi connectivity index (χ0v) is 11.7. The van der Waals surface area contributed by atoms with Gasteiger partial charge in [0.25, 0.3) is 0 Å². The van der Waals surface area contributed by atoms with Gasteiger partial charge in [0, 0.05) is 16.8 Å². The van der Waals surface area contributed by atoms with E-state index in [4.69, 9.17) is 5.73 Å². The number of hydrogen-bond donors (Lipinski definition) is 1. The maximum Gasteiger partial charge on any atom is 0.150 e. The van der Waals surface area contributed by atoms with Crippen LogP contribution in [0, 0.1) is 6.92 Å². The van der Waals surface area contributed by atoms with Gasteiger partial charge in [-0.25, -0.2) is 4.98 Å². The molecule has 1 heterocycles. The van der Waals surface area contributed by atoms with Gasteiger partial charge >= 0.3 is 0 Å². The van der Waals surface area contributed by atoms with Crippen molar-refractivity contribution >= 4 is 22.8 Å². The van der Waals surface area contributed by atoms with Crippen molar-refractivity contribution in [2.45, 2.75) is 31.6 Å². The van der Waals surface area contributed by atoms with Crippen molar-refractivity contribution in [2.75, 3.05) is 5.73 Å². The number of nitrogen functional groups attached to an aromatic ring is 1. The van der Waals surface area contributed by atoms with Gasteiger partial charge in [0.2, 0.25) is 0 Å². The molecule has 3 nitrogen and oxygen atoms in total. The number of nitrogens with zero attached hydrogens (tertiary/aromatic N) is 1. The van der Waals surface area contributed by atoms with E-state index < -0.39 is 0 Å². The Labute approximate surface area is 116 Å². The number of carbonyl (C=O) groups is 1. The van der Waals surface area contributed by atoms with E-state index >= 15 is 0 Å². The van der Waals surface area contributed by atoms with E-state index in [9.17, 15) is 4.79 Å². The first kappa shape index (κ1) is 12.4. The van der Waals surface area contributed by atoms with Crippen LogP contribution in [-0.4, -0.2) is 10.8 Å².